The summed E-state index contributed by atoms with van der Waals surface area (Å²) < 4.78 is 0. The molecular formula is C10H17NO3. The van der Waals surface area contributed by atoms with Crippen LogP contribution in [0.2, 0.25) is 0 Å². The van der Waals surface area contributed by atoms with Crippen molar-refractivity contribution in [3.05, 3.63) is 12.2 Å². The second-order valence-corrected chi connectivity index (χ2v) is 4.12. The molecule has 0 aliphatic heterocycles. The Labute approximate surface area is 84.2 Å². The van der Waals surface area contributed by atoms with Crippen LogP contribution in [0.15, 0.2) is 12.2 Å². The molecule has 0 heterocycles. The molecule has 14 heavy (non-hydrogen) atoms. The van der Waals surface area contributed by atoms with Gasteiger partial charge >= 0.3 is 6.09 Å². The SMILES string of the molecule is CC(C)(C)C=CCN(CC=O)C(=O)O. The fourth-order valence-corrected chi connectivity index (χ4v) is 0.854. The van der Waals surface area contributed by atoms with Gasteiger partial charge in [0.15, 0.2) is 0 Å². The van der Waals surface area contributed by atoms with Gasteiger partial charge in [0.05, 0.1) is 6.54 Å². The molecule has 4 nitrogen and oxygen atoms in total. The van der Waals surface area contributed by atoms with Crippen molar-refractivity contribution in [2.45, 2.75) is 20.8 Å². The van der Waals surface area contributed by atoms with Crippen LogP contribution in [0.5, 0.6) is 0 Å². The van der Waals surface area contributed by atoms with Crippen LogP contribution in [0.1, 0.15) is 20.8 Å². The van der Waals surface area contributed by atoms with E-state index in [2.05, 4.69) is 0 Å². The number of rotatable bonds is 4. The van der Waals surface area contributed by atoms with Gasteiger partial charge in [0, 0.05) is 6.54 Å². The second-order valence-electron chi connectivity index (χ2n) is 4.12. The smallest absolute Gasteiger partial charge is 0.407 e. The van der Waals surface area contributed by atoms with Crippen LogP contribution < -0.4 is 0 Å². The zero-order valence-electron chi connectivity index (χ0n) is 8.86. The second kappa shape index (κ2) is 5.42. The predicted octanol–water partition coefficient (Wildman–Crippen LogP) is 1.77. The molecule has 0 aliphatic carbocycles. The van der Waals surface area contributed by atoms with Gasteiger partial charge in [-0.1, -0.05) is 32.9 Å². The first kappa shape index (κ1) is 12.7. The molecule has 1 amide bonds. The Morgan fingerprint density at radius 1 is 1.36 bits per heavy atom. The van der Waals surface area contributed by atoms with Gasteiger partial charge in [-0.25, -0.2) is 4.79 Å². The third-order valence-corrected chi connectivity index (χ3v) is 1.51. The molecule has 80 valence electrons. The van der Waals surface area contributed by atoms with Gasteiger partial charge in [0.1, 0.15) is 6.29 Å². The van der Waals surface area contributed by atoms with Crippen molar-refractivity contribution in [3.8, 4) is 0 Å². The average Bonchev–Trinajstić information content (AvgIpc) is 2.00. The van der Waals surface area contributed by atoms with Crippen molar-refractivity contribution in [2.75, 3.05) is 13.1 Å². The molecular weight excluding hydrogens is 182 g/mol. The summed E-state index contributed by atoms with van der Waals surface area (Å²) in [5.74, 6) is 0. The maximum Gasteiger partial charge on any atom is 0.407 e. The maximum atomic E-state index is 10.6. The Balaban J connectivity index is 4.12. The first-order valence-corrected chi connectivity index (χ1v) is 4.46. The number of carbonyl (C=O) groups is 2. The number of amides is 1. The van der Waals surface area contributed by atoms with Gasteiger partial charge in [0.25, 0.3) is 0 Å². The van der Waals surface area contributed by atoms with E-state index in [4.69, 9.17) is 5.11 Å². The number of carbonyl (C=O) groups excluding carboxylic acids is 1. The fraction of sp³-hybridized carbons (Fsp3) is 0.600. The van der Waals surface area contributed by atoms with Crippen molar-refractivity contribution in [1.29, 1.82) is 0 Å². The summed E-state index contributed by atoms with van der Waals surface area (Å²) in [6, 6.07) is 0. The third kappa shape index (κ3) is 6.22. The quantitative estimate of drug-likeness (QED) is 0.554. The molecule has 0 fully saturated rings. The molecule has 0 aromatic rings. The standard InChI is InChI=1S/C10H17NO3/c1-10(2,3)5-4-6-11(7-8-12)9(13)14/h4-5,8H,6-7H2,1-3H3,(H,13,14). The van der Waals surface area contributed by atoms with Crippen LogP contribution in [0.4, 0.5) is 4.79 Å². The third-order valence-electron chi connectivity index (χ3n) is 1.51. The van der Waals surface area contributed by atoms with Crippen LogP contribution in [0.3, 0.4) is 0 Å². The van der Waals surface area contributed by atoms with Gasteiger partial charge < -0.3 is 9.90 Å². The summed E-state index contributed by atoms with van der Waals surface area (Å²) >= 11 is 0. The lowest BCUT2D eigenvalue weighted by Crippen LogP contribution is -2.31. The van der Waals surface area contributed by atoms with E-state index in [-0.39, 0.29) is 18.5 Å². The number of carboxylic acid groups (broad SMARTS) is 1. The Hall–Kier alpha value is -1.32. The number of allylic oxidation sites excluding steroid dienone is 1. The molecule has 0 aromatic heterocycles. The lowest BCUT2D eigenvalue weighted by molar-refractivity contribution is -0.108. The molecule has 0 saturated heterocycles. The van der Waals surface area contributed by atoms with Crippen molar-refractivity contribution < 1.29 is 14.7 Å². The number of hydrogen-bond acceptors (Lipinski definition) is 2. The first-order valence-electron chi connectivity index (χ1n) is 4.46. The molecule has 0 aromatic carbocycles. The highest BCUT2D eigenvalue weighted by Gasteiger charge is 2.09. The van der Waals surface area contributed by atoms with E-state index in [9.17, 15) is 9.59 Å². The Morgan fingerprint density at radius 3 is 2.29 bits per heavy atom. The van der Waals surface area contributed by atoms with Crippen molar-refractivity contribution in [2.24, 2.45) is 5.41 Å². The fourth-order valence-electron chi connectivity index (χ4n) is 0.854. The molecule has 0 unspecified atom stereocenters. The largest absolute Gasteiger partial charge is 0.465 e. The Morgan fingerprint density at radius 2 is 1.93 bits per heavy atom. The lowest BCUT2D eigenvalue weighted by atomic mass is 9.96. The van der Waals surface area contributed by atoms with E-state index in [0.29, 0.717) is 6.29 Å². The normalized spacial score (nSPS) is 11.6. The van der Waals surface area contributed by atoms with E-state index in [0.717, 1.165) is 4.90 Å². The monoisotopic (exact) mass is 199 g/mol. The topological polar surface area (TPSA) is 57.6 Å². The molecule has 0 radical (unpaired) electrons. The molecule has 1 N–H and O–H groups in total. The highest BCUT2D eigenvalue weighted by atomic mass is 16.4. The zero-order chi connectivity index (χ0) is 11.2. The van der Waals surface area contributed by atoms with Crippen LogP contribution in [-0.4, -0.2) is 35.5 Å². The van der Waals surface area contributed by atoms with Crippen molar-refractivity contribution in [1.82, 2.24) is 4.90 Å². The van der Waals surface area contributed by atoms with Gasteiger partial charge in [-0.15, -0.1) is 0 Å². The molecule has 0 bridgehead atoms. The van der Waals surface area contributed by atoms with E-state index in [1.807, 2.05) is 26.8 Å². The van der Waals surface area contributed by atoms with E-state index in [1.165, 1.54) is 0 Å². The highest BCUT2D eigenvalue weighted by molar-refractivity contribution is 5.69. The van der Waals surface area contributed by atoms with Gasteiger partial charge in [-0.05, 0) is 5.41 Å². The predicted molar refractivity (Wildman–Crippen MR) is 54.3 cm³/mol. The lowest BCUT2D eigenvalue weighted by Gasteiger charge is -2.15. The number of nitrogens with zero attached hydrogens (tertiary/aromatic N) is 1. The minimum absolute atomic E-state index is 0.0331. The summed E-state index contributed by atoms with van der Waals surface area (Å²) in [6.07, 6.45) is 3.19. The van der Waals surface area contributed by atoms with Crippen LogP contribution in [-0.2, 0) is 4.79 Å². The summed E-state index contributed by atoms with van der Waals surface area (Å²) in [4.78, 5) is 21.8. The molecule has 0 rings (SSSR count). The first-order chi connectivity index (χ1) is 6.37. The minimum Gasteiger partial charge on any atom is -0.465 e. The van der Waals surface area contributed by atoms with Crippen LogP contribution in [0, 0.1) is 5.41 Å². The average molecular weight is 199 g/mol. The Bertz CT molecular complexity index is 228. The highest BCUT2D eigenvalue weighted by Crippen LogP contribution is 2.14. The van der Waals surface area contributed by atoms with Crippen molar-refractivity contribution in [3.63, 3.8) is 0 Å². The summed E-state index contributed by atoms with van der Waals surface area (Å²) in [7, 11) is 0. The van der Waals surface area contributed by atoms with Gasteiger partial charge in [0.2, 0.25) is 0 Å². The van der Waals surface area contributed by atoms with Crippen LogP contribution >= 0.6 is 0 Å². The van der Waals surface area contributed by atoms with E-state index < -0.39 is 6.09 Å². The Kier molecular flexibility index (Phi) is 4.91. The summed E-state index contributed by atoms with van der Waals surface area (Å²) in [5.41, 5.74) is 0.0331. The van der Waals surface area contributed by atoms with Crippen LogP contribution in [0.25, 0.3) is 0 Å². The van der Waals surface area contributed by atoms with Gasteiger partial charge in [-0.2, -0.15) is 0 Å². The summed E-state index contributed by atoms with van der Waals surface area (Å²) in [6.45, 7) is 6.24. The van der Waals surface area contributed by atoms with E-state index >= 15 is 0 Å². The molecule has 0 atom stereocenters. The summed E-state index contributed by atoms with van der Waals surface area (Å²) in [5, 5.41) is 8.67. The zero-order valence-corrected chi connectivity index (χ0v) is 8.86. The molecule has 4 heteroatoms. The van der Waals surface area contributed by atoms with Gasteiger partial charge in [-0.3, -0.25) is 4.90 Å². The van der Waals surface area contributed by atoms with Crippen molar-refractivity contribution >= 4 is 12.4 Å². The molecule has 0 saturated carbocycles. The maximum absolute atomic E-state index is 10.6. The number of aldehydes is 1. The van der Waals surface area contributed by atoms with E-state index in [1.54, 1.807) is 6.08 Å². The minimum atomic E-state index is -1.07. The number of hydrogen-bond donors (Lipinski definition) is 1. The molecule has 0 aliphatic rings. The molecule has 0 spiro atoms.